The zero-order chi connectivity index (χ0) is 15.2. The van der Waals surface area contributed by atoms with Crippen LogP contribution in [0.4, 0.5) is 16.3 Å². The fourth-order valence-electron chi connectivity index (χ4n) is 2.36. The zero-order valence-electron chi connectivity index (χ0n) is 13.0. The number of hydrogen-bond donors (Lipinski definition) is 1. The molecule has 0 saturated carbocycles. The molecular formula is C15H24N4O2. The molecule has 21 heavy (non-hydrogen) atoms. The SMILES string of the molecule is COC[C@@H](C)N(C)C(=O)Nc1ccc(N2CCCC2)nc1. The molecule has 0 bridgehead atoms. The van der Waals surface area contributed by atoms with E-state index in [9.17, 15) is 4.79 Å². The van der Waals surface area contributed by atoms with Gasteiger partial charge in [-0.3, -0.25) is 0 Å². The minimum absolute atomic E-state index is 0.0202. The van der Waals surface area contributed by atoms with Crippen molar-refractivity contribution in [2.24, 2.45) is 0 Å². The van der Waals surface area contributed by atoms with E-state index in [4.69, 9.17) is 4.74 Å². The Morgan fingerprint density at radius 1 is 1.48 bits per heavy atom. The lowest BCUT2D eigenvalue weighted by molar-refractivity contribution is 0.128. The number of hydrogen-bond acceptors (Lipinski definition) is 4. The lowest BCUT2D eigenvalue weighted by atomic mass is 10.3. The quantitative estimate of drug-likeness (QED) is 0.903. The van der Waals surface area contributed by atoms with Crippen molar-refractivity contribution in [3.8, 4) is 0 Å². The molecule has 6 heteroatoms. The fraction of sp³-hybridized carbons (Fsp3) is 0.600. The van der Waals surface area contributed by atoms with Gasteiger partial charge >= 0.3 is 6.03 Å². The molecule has 0 unspecified atom stereocenters. The van der Waals surface area contributed by atoms with Gasteiger partial charge < -0.3 is 19.9 Å². The first-order valence-corrected chi connectivity index (χ1v) is 7.35. The molecule has 1 aromatic heterocycles. The van der Waals surface area contributed by atoms with Gasteiger partial charge in [-0.2, -0.15) is 0 Å². The van der Waals surface area contributed by atoms with Gasteiger partial charge in [0.05, 0.1) is 24.5 Å². The number of likely N-dealkylation sites (N-methyl/N-ethyl adjacent to an activating group) is 1. The van der Waals surface area contributed by atoms with Crippen LogP contribution in [-0.4, -0.2) is 55.8 Å². The normalized spacial score (nSPS) is 15.9. The summed E-state index contributed by atoms with van der Waals surface area (Å²) < 4.78 is 5.06. The molecule has 1 aliphatic rings. The van der Waals surface area contributed by atoms with Gasteiger partial charge in [-0.1, -0.05) is 0 Å². The smallest absolute Gasteiger partial charge is 0.321 e. The van der Waals surface area contributed by atoms with Crippen LogP contribution in [0.3, 0.4) is 0 Å². The maximum atomic E-state index is 12.1. The number of carbonyl (C=O) groups excluding carboxylic acids is 1. The topological polar surface area (TPSA) is 57.7 Å². The van der Waals surface area contributed by atoms with Crippen molar-refractivity contribution in [1.29, 1.82) is 0 Å². The molecule has 1 saturated heterocycles. The Morgan fingerprint density at radius 2 is 2.19 bits per heavy atom. The van der Waals surface area contributed by atoms with Crippen LogP contribution in [0.15, 0.2) is 18.3 Å². The van der Waals surface area contributed by atoms with E-state index in [1.807, 2.05) is 19.1 Å². The van der Waals surface area contributed by atoms with E-state index in [-0.39, 0.29) is 12.1 Å². The largest absolute Gasteiger partial charge is 0.383 e. The molecule has 1 aromatic rings. The van der Waals surface area contributed by atoms with E-state index in [0.29, 0.717) is 12.3 Å². The summed E-state index contributed by atoms with van der Waals surface area (Å²) in [5.74, 6) is 0.978. The van der Waals surface area contributed by atoms with Crippen LogP contribution in [0, 0.1) is 0 Å². The fourth-order valence-corrected chi connectivity index (χ4v) is 2.36. The van der Waals surface area contributed by atoms with Crippen molar-refractivity contribution in [1.82, 2.24) is 9.88 Å². The Bertz CT molecular complexity index is 457. The molecule has 2 heterocycles. The second-order valence-electron chi connectivity index (χ2n) is 5.44. The number of nitrogens with zero attached hydrogens (tertiary/aromatic N) is 3. The minimum Gasteiger partial charge on any atom is -0.383 e. The first-order chi connectivity index (χ1) is 10.1. The number of methoxy groups -OCH3 is 1. The third kappa shape index (κ3) is 4.07. The Balaban J connectivity index is 1.91. The zero-order valence-corrected chi connectivity index (χ0v) is 13.0. The lowest BCUT2D eigenvalue weighted by Gasteiger charge is -2.24. The molecule has 6 nitrogen and oxygen atoms in total. The summed E-state index contributed by atoms with van der Waals surface area (Å²) in [7, 11) is 3.38. The van der Waals surface area contributed by atoms with Crippen LogP contribution in [0.25, 0.3) is 0 Å². The number of rotatable bonds is 5. The number of pyridine rings is 1. The minimum atomic E-state index is -0.157. The van der Waals surface area contributed by atoms with Gasteiger partial charge in [0.25, 0.3) is 0 Å². The van der Waals surface area contributed by atoms with Crippen LogP contribution in [0.5, 0.6) is 0 Å². The van der Waals surface area contributed by atoms with E-state index in [1.54, 1.807) is 25.3 Å². The van der Waals surface area contributed by atoms with E-state index in [1.165, 1.54) is 12.8 Å². The molecule has 0 aliphatic carbocycles. The van der Waals surface area contributed by atoms with Crippen molar-refractivity contribution in [2.45, 2.75) is 25.8 Å². The van der Waals surface area contributed by atoms with Crippen molar-refractivity contribution in [3.63, 3.8) is 0 Å². The maximum Gasteiger partial charge on any atom is 0.321 e. The van der Waals surface area contributed by atoms with E-state index >= 15 is 0 Å². The van der Waals surface area contributed by atoms with Crippen molar-refractivity contribution in [2.75, 3.05) is 44.1 Å². The first-order valence-electron chi connectivity index (χ1n) is 7.35. The lowest BCUT2D eigenvalue weighted by Crippen LogP contribution is -2.40. The molecule has 0 spiro atoms. The van der Waals surface area contributed by atoms with Gasteiger partial charge in [0.15, 0.2) is 0 Å². The molecule has 0 radical (unpaired) electrons. The number of carbonyl (C=O) groups is 1. The van der Waals surface area contributed by atoms with Gasteiger partial charge in [0, 0.05) is 27.2 Å². The predicted molar refractivity (Wildman–Crippen MR) is 83.8 cm³/mol. The van der Waals surface area contributed by atoms with Gasteiger partial charge in [0.2, 0.25) is 0 Å². The number of nitrogens with one attached hydrogen (secondary N) is 1. The van der Waals surface area contributed by atoms with Crippen LogP contribution in [-0.2, 0) is 4.74 Å². The summed E-state index contributed by atoms with van der Waals surface area (Å²) >= 11 is 0. The second kappa shape index (κ2) is 7.26. The number of anilines is 2. The average molecular weight is 292 g/mol. The van der Waals surface area contributed by atoms with E-state index < -0.39 is 0 Å². The summed E-state index contributed by atoms with van der Waals surface area (Å²) in [5.41, 5.74) is 0.708. The van der Waals surface area contributed by atoms with E-state index in [0.717, 1.165) is 18.9 Å². The van der Waals surface area contributed by atoms with Gasteiger partial charge in [-0.15, -0.1) is 0 Å². The molecule has 2 rings (SSSR count). The molecular weight excluding hydrogens is 268 g/mol. The Kier molecular flexibility index (Phi) is 5.38. The number of ether oxygens (including phenoxy) is 1. The summed E-state index contributed by atoms with van der Waals surface area (Å²) in [5, 5.41) is 2.85. The molecule has 1 N–H and O–H groups in total. The Labute approximate surface area is 126 Å². The Morgan fingerprint density at radius 3 is 2.76 bits per heavy atom. The third-order valence-electron chi connectivity index (χ3n) is 3.82. The third-order valence-corrected chi connectivity index (χ3v) is 3.82. The van der Waals surface area contributed by atoms with Crippen LogP contribution >= 0.6 is 0 Å². The number of amides is 2. The van der Waals surface area contributed by atoms with Gasteiger partial charge in [0.1, 0.15) is 5.82 Å². The summed E-state index contributed by atoms with van der Waals surface area (Å²) in [6.07, 6.45) is 4.16. The van der Waals surface area contributed by atoms with Crippen molar-refractivity contribution < 1.29 is 9.53 Å². The molecule has 1 aliphatic heterocycles. The van der Waals surface area contributed by atoms with Crippen molar-refractivity contribution in [3.05, 3.63) is 18.3 Å². The molecule has 116 valence electrons. The monoisotopic (exact) mass is 292 g/mol. The van der Waals surface area contributed by atoms with Crippen molar-refractivity contribution >= 4 is 17.5 Å². The van der Waals surface area contributed by atoms with Crippen LogP contribution in [0.1, 0.15) is 19.8 Å². The molecule has 1 fully saturated rings. The average Bonchev–Trinajstić information content (AvgIpc) is 3.01. The highest BCUT2D eigenvalue weighted by atomic mass is 16.5. The van der Waals surface area contributed by atoms with E-state index in [2.05, 4.69) is 15.2 Å². The molecule has 0 aromatic carbocycles. The van der Waals surface area contributed by atoms with Gasteiger partial charge in [-0.05, 0) is 31.9 Å². The summed E-state index contributed by atoms with van der Waals surface area (Å²) in [6.45, 7) is 4.58. The second-order valence-corrected chi connectivity index (χ2v) is 5.44. The summed E-state index contributed by atoms with van der Waals surface area (Å²) in [6, 6.07) is 3.72. The number of urea groups is 1. The summed E-state index contributed by atoms with van der Waals surface area (Å²) in [4.78, 5) is 20.4. The number of aromatic nitrogens is 1. The molecule has 2 amide bonds. The highest BCUT2D eigenvalue weighted by Gasteiger charge is 2.16. The standard InChI is InChI=1S/C15H24N4O2/c1-12(11-21-3)18(2)15(20)17-13-6-7-14(16-10-13)19-8-4-5-9-19/h6-7,10,12H,4-5,8-9,11H2,1-3H3,(H,17,20)/t12-/m1/s1. The highest BCUT2D eigenvalue weighted by molar-refractivity contribution is 5.89. The van der Waals surface area contributed by atoms with Crippen LogP contribution in [0.2, 0.25) is 0 Å². The first kappa shape index (κ1) is 15.6. The van der Waals surface area contributed by atoms with Crippen LogP contribution < -0.4 is 10.2 Å². The predicted octanol–water partition coefficient (Wildman–Crippen LogP) is 2.18. The maximum absolute atomic E-state index is 12.1. The highest BCUT2D eigenvalue weighted by Crippen LogP contribution is 2.19. The molecule has 1 atom stereocenters. The Hall–Kier alpha value is -1.82. The van der Waals surface area contributed by atoms with Gasteiger partial charge in [-0.25, -0.2) is 9.78 Å².